The van der Waals surface area contributed by atoms with Crippen LogP contribution in [0.1, 0.15) is 23.7 Å². The number of Topliss-reactive ketones (excluding diaryl/α,β-unsaturated/α-hetero) is 1. The maximum absolute atomic E-state index is 11.0. The zero-order valence-corrected chi connectivity index (χ0v) is 10.5. The van der Waals surface area contributed by atoms with Gasteiger partial charge in [0.1, 0.15) is 0 Å². The Bertz CT molecular complexity index is 254. The molecule has 0 fully saturated rings. The van der Waals surface area contributed by atoms with Gasteiger partial charge in [0.25, 0.3) is 0 Å². The summed E-state index contributed by atoms with van der Waals surface area (Å²) in [6.45, 7) is 1.80. The van der Waals surface area contributed by atoms with Crippen LogP contribution in [0.4, 0.5) is 0 Å². The summed E-state index contributed by atoms with van der Waals surface area (Å²) >= 11 is 0. The second-order valence-corrected chi connectivity index (χ2v) is 2.30. The fourth-order valence-corrected chi connectivity index (χ4v) is 0.845. The topological polar surface area (TPSA) is 40.1 Å². The average Bonchev–Trinajstić information content (AvgIpc) is 2.05. The van der Waals surface area contributed by atoms with E-state index in [0.717, 1.165) is 0 Å². The zero-order chi connectivity index (χ0) is 8.27. The van der Waals surface area contributed by atoms with Gasteiger partial charge in [0.2, 0.25) is 0 Å². The number of carbonyl (C=O) groups is 1. The van der Waals surface area contributed by atoms with Crippen molar-refractivity contribution in [2.45, 2.75) is 13.3 Å². The SMILES string of the molecule is CCC(=O)c1ccc([O-])cc1.[K+]. The van der Waals surface area contributed by atoms with Gasteiger partial charge >= 0.3 is 51.4 Å². The number of hydrogen-bond donors (Lipinski definition) is 0. The minimum Gasteiger partial charge on any atom is -0.872 e. The van der Waals surface area contributed by atoms with E-state index in [-0.39, 0.29) is 62.9 Å². The van der Waals surface area contributed by atoms with E-state index in [1.54, 1.807) is 19.1 Å². The summed E-state index contributed by atoms with van der Waals surface area (Å²) in [4.78, 5) is 11.0. The molecule has 1 rings (SSSR count). The molecule has 1 aromatic carbocycles. The molecule has 0 bridgehead atoms. The molecule has 0 saturated heterocycles. The molecule has 0 heterocycles. The number of hydrogen-bond acceptors (Lipinski definition) is 2. The van der Waals surface area contributed by atoms with Crippen LogP contribution < -0.4 is 56.5 Å². The third-order valence-electron chi connectivity index (χ3n) is 1.50. The van der Waals surface area contributed by atoms with Gasteiger partial charge < -0.3 is 5.11 Å². The smallest absolute Gasteiger partial charge is 0.872 e. The van der Waals surface area contributed by atoms with Gasteiger partial charge in [-0.1, -0.05) is 31.2 Å². The number of benzene rings is 1. The maximum atomic E-state index is 11.0. The summed E-state index contributed by atoms with van der Waals surface area (Å²) in [6.07, 6.45) is 0.484. The summed E-state index contributed by atoms with van der Waals surface area (Å²) < 4.78 is 0. The molecular weight excluding hydrogens is 179 g/mol. The minimum atomic E-state index is -0.0577. The molecular formula is C9H9KO2. The van der Waals surface area contributed by atoms with Crippen molar-refractivity contribution in [1.82, 2.24) is 0 Å². The molecule has 0 aliphatic carbocycles. The molecule has 0 atom stereocenters. The van der Waals surface area contributed by atoms with Gasteiger partial charge in [-0.05, 0) is 0 Å². The van der Waals surface area contributed by atoms with Crippen LogP contribution >= 0.6 is 0 Å². The van der Waals surface area contributed by atoms with Gasteiger partial charge in [0.05, 0.1) is 0 Å². The third kappa shape index (κ3) is 3.37. The molecule has 3 heteroatoms. The number of carbonyl (C=O) groups excluding carboxylic acids is 1. The fraction of sp³-hybridized carbons (Fsp3) is 0.222. The molecule has 0 aromatic heterocycles. The Kier molecular flexibility index (Phi) is 6.04. The first-order valence-corrected chi connectivity index (χ1v) is 3.54. The Hall–Kier alpha value is 0.326. The molecule has 0 aliphatic rings. The van der Waals surface area contributed by atoms with Crippen molar-refractivity contribution in [2.24, 2.45) is 0 Å². The summed E-state index contributed by atoms with van der Waals surface area (Å²) in [7, 11) is 0. The monoisotopic (exact) mass is 188 g/mol. The number of ketones is 1. The van der Waals surface area contributed by atoms with Crippen LogP contribution in [0.3, 0.4) is 0 Å². The van der Waals surface area contributed by atoms with E-state index in [4.69, 9.17) is 0 Å². The Labute approximate surface area is 114 Å². The van der Waals surface area contributed by atoms with Gasteiger partial charge in [-0.3, -0.25) is 4.79 Å². The van der Waals surface area contributed by atoms with Crippen molar-refractivity contribution in [3.63, 3.8) is 0 Å². The van der Waals surface area contributed by atoms with Crippen LogP contribution in [0, 0.1) is 0 Å². The molecule has 0 N–H and O–H groups in total. The molecule has 0 spiro atoms. The van der Waals surface area contributed by atoms with Gasteiger partial charge in [-0.15, -0.1) is 5.75 Å². The van der Waals surface area contributed by atoms with Gasteiger partial charge in [0, 0.05) is 12.0 Å². The number of rotatable bonds is 2. The Morgan fingerprint density at radius 3 is 2.25 bits per heavy atom. The van der Waals surface area contributed by atoms with Gasteiger partial charge in [0.15, 0.2) is 5.78 Å². The van der Waals surface area contributed by atoms with Crippen LogP contribution in [0.15, 0.2) is 24.3 Å². The maximum Gasteiger partial charge on any atom is 1.00 e. The normalized spacial score (nSPS) is 8.75. The van der Waals surface area contributed by atoms with E-state index in [1.165, 1.54) is 12.1 Å². The average molecular weight is 188 g/mol. The second kappa shape index (κ2) is 5.88. The fourth-order valence-electron chi connectivity index (χ4n) is 0.845. The minimum absolute atomic E-state index is 0. The third-order valence-corrected chi connectivity index (χ3v) is 1.50. The molecule has 0 aliphatic heterocycles. The first-order valence-electron chi connectivity index (χ1n) is 3.54. The zero-order valence-electron chi connectivity index (χ0n) is 7.33. The van der Waals surface area contributed by atoms with E-state index < -0.39 is 0 Å². The first-order chi connectivity index (χ1) is 5.24. The summed E-state index contributed by atoms with van der Waals surface area (Å²) in [5.74, 6) is 0.0163. The van der Waals surface area contributed by atoms with Crippen molar-refractivity contribution in [3.05, 3.63) is 29.8 Å². The van der Waals surface area contributed by atoms with E-state index in [0.29, 0.717) is 12.0 Å². The van der Waals surface area contributed by atoms with E-state index >= 15 is 0 Å². The molecule has 1 aromatic rings. The molecule has 2 nitrogen and oxygen atoms in total. The molecule has 0 amide bonds. The summed E-state index contributed by atoms with van der Waals surface area (Å²) in [5, 5.41) is 10.6. The predicted molar refractivity (Wildman–Crippen MR) is 40.5 cm³/mol. The van der Waals surface area contributed by atoms with Crippen LogP contribution in [0.2, 0.25) is 0 Å². The Morgan fingerprint density at radius 1 is 1.33 bits per heavy atom. The second-order valence-electron chi connectivity index (χ2n) is 2.30. The van der Waals surface area contributed by atoms with Crippen molar-refractivity contribution in [1.29, 1.82) is 0 Å². The van der Waals surface area contributed by atoms with E-state index in [2.05, 4.69) is 0 Å². The molecule has 0 unspecified atom stereocenters. The first kappa shape index (κ1) is 12.3. The van der Waals surface area contributed by atoms with E-state index in [1.807, 2.05) is 0 Å². The van der Waals surface area contributed by atoms with E-state index in [9.17, 15) is 9.90 Å². The van der Waals surface area contributed by atoms with Gasteiger partial charge in [-0.25, -0.2) is 0 Å². The molecule has 12 heavy (non-hydrogen) atoms. The largest absolute Gasteiger partial charge is 1.00 e. The molecule has 0 radical (unpaired) electrons. The molecule has 58 valence electrons. The Morgan fingerprint density at radius 2 is 1.83 bits per heavy atom. The standard InChI is InChI=1S/C9H10O2.K/c1-2-9(11)7-3-5-8(10)6-4-7;/h3-6,10H,2H2,1H3;/q;+1/p-1. The van der Waals surface area contributed by atoms with Crippen molar-refractivity contribution in [3.8, 4) is 5.75 Å². The van der Waals surface area contributed by atoms with Crippen LogP contribution in [0.25, 0.3) is 0 Å². The molecule has 0 saturated carbocycles. The van der Waals surface area contributed by atoms with Gasteiger partial charge in [-0.2, -0.15) is 0 Å². The summed E-state index contributed by atoms with van der Waals surface area (Å²) in [6, 6.07) is 5.94. The van der Waals surface area contributed by atoms with Crippen LogP contribution in [-0.4, -0.2) is 5.78 Å². The van der Waals surface area contributed by atoms with Crippen molar-refractivity contribution >= 4 is 5.78 Å². The van der Waals surface area contributed by atoms with Crippen LogP contribution in [0.5, 0.6) is 5.75 Å². The van der Waals surface area contributed by atoms with Crippen LogP contribution in [-0.2, 0) is 0 Å². The predicted octanol–water partition coefficient (Wildman–Crippen LogP) is -1.64. The Balaban J connectivity index is 0.00000121. The summed E-state index contributed by atoms with van der Waals surface area (Å²) in [5.41, 5.74) is 0.618. The van der Waals surface area contributed by atoms with Crippen molar-refractivity contribution < 1.29 is 61.3 Å². The van der Waals surface area contributed by atoms with Crippen molar-refractivity contribution in [2.75, 3.05) is 0 Å². The quantitative estimate of drug-likeness (QED) is 0.412.